The first-order valence-corrected chi connectivity index (χ1v) is 11.9. The average molecular weight is 485 g/mol. The molecule has 1 aliphatic rings. The number of hydrogen-bond acceptors (Lipinski definition) is 5. The predicted octanol–water partition coefficient (Wildman–Crippen LogP) is 5.13. The molecule has 1 fully saturated rings. The molecule has 3 aromatic rings. The van der Waals surface area contributed by atoms with E-state index in [1.165, 1.54) is 11.3 Å². The molecule has 1 amide bonds. The topological polar surface area (TPSA) is 97.5 Å². The number of amides is 1. The quantitative estimate of drug-likeness (QED) is 0.499. The third kappa shape index (κ3) is 5.50. The van der Waals surface area contributed by atoms with Crippen LogP contribution in [0.25, 0.3) is 11.0 Å². The molecule has 0 radical (unpaired) electrons. The van der Waals surface area contributed by atoms with Crippen LogP contribution in [0.2, 0.25) is 5.02 Å². The highest BCUT2D eigenvalue weighted by Crippen LogP contribution is 2.32. The first-order valence-electron chi connectivity index (χ1n) is 11.5. The first-order chi connectivity index (χ1) is 16.3. The number of carbonyl (C=O) groups excluding carboxylic acids is 1. The zero-order valence-corrected chi connectivity index (χ0v) is 20.2. The molecule has 1 unspecified atom stereocenters. The number of aliphatic carboxylic acids is 1. The molecule has 4 rings (SSSR count). The molecule has 9 heteroatoms. The lowest BCUT2D eigenvalue weighted by Crippen LogP contribution is -2.31. The predicted molar refractivity (Wildman–Crippen MR) is 129 cm³/mol. The molecule has 8 nitrogen and oxygen atoms in total. The minimum atomic E-state index is -0.908. The Morgan fingerprint density at radius 1 is 1.18 bits per heavy atom. The second kappa shape index (κ2) is 10.4. The van der Waals surface area contributed by atoms with Gasteiger partial charge in [-0.2, -0.15) is 0 Å². The summed E-state index contributed by atoms with van der Waals surface area (Å²) >= 11 is 6.46. The van der Waals surface area contributed by atoms with Crippen molar-refractivity contribution in [2.45, 2.75) is 57.1 Å². The third-order valence-corrected chi connectivity index (χ3v) is 6.80. The van der Waals surface area contributed by atoms with Gasteiger partial charge in [0.25, 0.3) is 0 Å². The number of carbonyl (C=O) groups is 2. The van der Waals surface area contributed by atoms with Crippen molar-refractivity contribution in [1.82, 2.24) is 19.9 Å². The number of nitrogens with zero attached hydrogens (tertiary/aromatic N) is 4. The number of carboxylic acid groups (broad SMARTS) is 1. The second-order valence-corrected chi connectivity index (χ2v) is 9.37. The van der Waals surface area contributed by atoms with Crippen LogP contribution in [0.4, 0.5) is 4.79 Å². The Hall–Kier alpha value is -3.13. The van der Waals surface area contributed by atoms with Crippen LogP contribution in [0.5, 0.6) is 0 Å². The minimum absolute atomic E-state index is 0.0264. The van der Waals surface area contributed by atoms with Gasteiger partial charge in [0, 0.05) is 25.0 Å². The van der Waals surface area contributed by atoms with Gasteiger partial charge in [0.2, 0.25) is 0 Å². The molecule has 0 saturated heterocycles. The number of hydrogen-bond donors (Lipinski definition) is 1. The molecule has 34 heavy (non-hydrogen) atoms. The molecule has 1 saturated carbocycles. The van der Waals surface area contributed by atoms with Crippen LogP contribution in [0.3, 0.4) is 0 Å². The fraction of sp³-hybridized carbons (Fsp3) is 0.440. The summed E-state index contributed by atoms with van der Waals surface area (Å²) in [7, 11) is 3.50. The van der Waals surface area contributed by atoms with Crippen LogP contribution in [0.15, 0.2) is 36.4 Å². The van der Waals surface area contributed by atoms with Gasteiger partial charge in [-0.1, -0.05) is 41.4 Å². The Labute approximate surface area is 203 Å². The van der Waals surface area contributed by atoms with E-state index in [9.17, 15) is 14.7 Å². The van der Waals surface area contributed by atoms with Crippen molar-refractivity contribution < 1.29 is 19.4 Å². The summed E-state index contributed by atoms with van der Waals surface area (Å²) in [5.41, 5.74) is 3.94. The Morgan fingerprint density at radius 2 is 1.88 bits per heavy atom. The largest absolute Gasteiger partial charge is 0.481 e. The van der Waals surface area contributed by atoms with Crippen molar-refractivity contribution in [1.29, 1.82) is 0 Å². The zero-order valence-electron chi connectivity index (χ0n) is 19.4. The van der Waals surface area contributed by atoms with E-state index >= 15 is 0 Å². The maximum atomic E-state index is 12.6. The lowest BCUT2D eigenvalue weighted by molar-refractivity contribution is -0.137. The Balaban J connectivity index is 1.56. The third-order valence-electron chi connectivity index (χ3n) is 6.43. The molecule has 1 aromatic heterocycles. The van der Waals surface area contributed by atoms with Gasteiger partial charge in [0.05, 0.1) is 18.5 Å². The maximum absolute atomic E-state index is 12.6. The molecule has 1 N–H and O–H groups in total. The van der Waals surface area contributed by atoms with Crippen LogP contribution >= 0.6 is 11.6 Å². The molecule has 1 heterocycles. The smallest absolute Gasteiger partial charge is 0.410 e. The normalized spacial score (nSPS) is 15.3. The molecule has 0 spiro atoms. The van der Waals surface area contributed by atoms with E-state index in [0.29, 0.717) is 10.5 Å². The van der Waals surface area contributed by atoms with E-state index in [2.05, 4.69) is 10.3 Å². The highest BCUT2D eigenvalue weighted by molar-refractivity contribution is 6.31. The summed E-state index contributed by atoms with van der Waals surface area (Å²) in [6.45, 7) is 0.265. The minimum Gasteiger partial charge on any atom is -0.481 e. The van der Waals surface area contributed by atoms with Crippen LogP contribution in [-0.4, -0.2) is 50.2 Å². The number of carboxylic acids is 1. The molecule has 180 valence electrons. The molecule has 0 aliphatic heterocycles. The van der Waals surface area contributed by atoms with Crippen molar-refractivity contribution in [3.8, 4) is 0 Å². The number of aryl methyl sites for hydroxylation is 1. The van der Waals surface area contributed by atoms with Crippen molar-refractivity contribution in [2.24, 2.45) is 7.05 Å². The van der Waals surface area contributed by atoms with Gasteiger partial charge in [-0.3, -0.25) is 4.79 Å². The number of benzene rings is 2. The van der Waals surface area contributed by atoms with Gasteiger partial charge in [-0.25, -0.2) is 9.48 Å². The molecular weight excluding hydrogens is 456 g/mol. The molecular formula is C25H29ClN4O4. The van der Waals surface area contributed by atoms with E-state index < -0.39 is 11.9 Å². The van der Waals surface area contributed by atoms with E-state index in [1.54, 1.807) is 17.8 Å². The molecule has 2 aromatic carbocycles. The zero-order chi connectivity index (χ0) is 24.2. The Morgan fingerprint density at radius 3 is 2.62 bits per heavy atom. The number of rotatable bonds is 7. The summed E-state index contributed by atoms with van der Waals surface area (Å²) in [6, 6.07) is 11.1. The van der Waals surface area contributed by atoms with Crippen LogP contribution in [0, 0.1) is 0 Å². The fourth-order valence-corrected chi connectivity index (χ4v) is 4.72. The van der Waals surface area contributed by atoms with Crippen molar-refractivity contribution in [3.05, 3.63) is 58.1 Å². The number of halogens is 1. The van der Waals surface area contributed by atoms with Gasteiger partial charge in [-0.05, 0) is 60.6 Å². The molecule has 1 aliphatic carbocycles. The lowest BCUT2D eigenvalue weighted by atomic mass is 9.87. The summed E-state index contributed by atoms with van der Waals surface area (Å²) in [6.07, 6.45) is 4.68. The Bertz CT molecular complexity index is 1190. The monoisotopic (exact) mass is 484 g/mol. The van der Waals surface area contributed by atoms with E-state index in [1.807, 2.05) is 37.4 Å². The second-order valence-electron chi connectivity index (χ2n) is 8.96. The van der Waals surface area contributed by atoms with Gasteiger partial charge >= 0.3 is 12.1 Å². The number of ether oxygens (including phenoxy) is 1. The van der Waals surface area contributed by atoms with E-state index in [-0.39, 0.29) is 25.2 Å². The highest BCUT2D eigenvalue weighted by atomic mass is 35.5. The SMILES string of the molecule is CN(Cc1cc(C(CC(=O)O)c2ccc3c(c2)nnn3C)ccc1Cl)C(=O)OC1CCCCC1. The van der Waals surface area contributed by atoms with Crippen LogP contribution in [0.1, 0.15) is 61.1 Å². The highest BCUT2D eigenvalue weighted by Gasteiger charge is 2.23. The van der Waals surface area contributed by atoms with Gasteiger partial charge < -0.3 is 14.7 Å². The lowest BCUT2D eigenvalue weighted by Gasteiger charge is -2.25. The fourth-order valence-electron chi connectivity index (χ4n) is 4.55. The standard InChI is InChI=1S/C25H29ClN4O4/c1-29(25(33)34-19-6-4-3-5-7-19)15-18-12-16(8-10-21(18)26)20(14-24(31)32)17-9-11-23-22(13-17)27-28-30(23)2/h8-13,19-20H,3-7,14-15H2,1-2H3,(H,31,32). The maximum Gasteiger partial charge on any atom is 0.410 e. The molecule has 1 atom stereocenters. The Kier molecular flexibility index (Phi) is 7.36. The van der Waals surface area contributed by atoms with E-state index in [0.717, 1.165) is 47.9 Å². The van der Waals surface area contributed by atoms with E-state index in [4.69, 9.17) is 16.3 Å². The number of fused-ring (bicyclic) bond motifs is 1. The summed E-state index contributed by atoms with van der Waals surface area (Å²) in [4.78, 5) is 25.8. The van der Waals surface area contributed by atoms with Crippen LogP contribution < -0.4 is 0 Å². The van der Waals surface area contributed by atoms with Crippen molar-refractivity contribution >= 4 is 34.7 Å². The number of aromatic nitrogens is 3. The van der Waals surface area contributed by atoms with Gasteiger partial charge in [-0.15, -0.1) is 5.10 Å². The van der Waals surface area contributed by atoms with Gasteiger partial charge in [0.15, 0.2) is 0 Å². The van der Waals surface area contributed by atoms with Crippen molar-refractivity contribution in [3.63, 3.8) is 0 Å². The first kappa shape index (κ1) is 24.0. The summed E-state index contributed by atoms with van der Waals surface area (Å²) in [5.74, 6) is -1.31. The average Bonchev–Trinajstić information content (AvgIpc) is 3.19. The summed E-state index contributed by atoms with van der Waals surface area (Å²) < 4.78 is 7.33. The van der Waals surface area contributed by atoms with Crippen molar-refractivity contribution in [2.75, 3.05) is 7.05 Å². The molecule has 0 bridgehead atoms. The van der Waals surface area contributed by atoms with Gasteiger partial charge in [0.1, 0.15) is 11.6 Å². The van der Waals surface area contributed by atoms with Crippen LogP contribution in [-0.2, 0) is 23.1 Å². The summed E-state index contributed by atoms with van der Waals surface area (Å²) in [5, 5.41) is 18.3.